The van der Waals surface area contributed by atoms with Gasteiger partial charge in [0.15, 0.2) is 0 Å². The van der Waals surface area contributed by atoms with E-state index in [1.165, 1.54) is 30.6 Å². The topological polar surface area (TPSA) is 3.24 Å². The van der Waals surface area contributed by atoms with Crippen molar-refractivity contribution in [3.8, 4) is 0 Å². The number of likely N-dealkylation sites (tertiary alicyclic amines) is 1. The van der Waals surface area contributed by atoms with Gasteiger partial charge >= 0.3 is 0 Å². The largest absolute Gasteiger partial charge is 0.306 e. The Morgan fingerprint density at radius 1 is 0.850 bits per heavy atom. The molecule has 0 unspecified atom stereocenters. The SMILES string of the molecule is CN1CC[C@H]2c3ccccc3Cc3ccccc3[C@@H]2C1. The maximum absolute atomic E-state index is 2.49. The van der Waals surface area contributed by atoms with Gasteiger partial charge in [0.1, 0.15) is 0 Å². The molecule has 1 aliphatic heterocycles. The van der Waals surface area contributed by atoms with E-state index in [0.717, 1.165) is 6.42 Å². The lowest BCUT2D eigenvalue weighted by Crippen LogP contribution is -2.35. The molecule has 1 nitrogen and oxygen atoms in total. The number of likely N-dealkylation sites (N-methyl/N-ethyl adjacent to an activating group) is 1. The van der Waals surface area contributed by atoms with Gasteiger partial charge in [0.05, 0.1) is 0 Å². The summed E-state index contributed by atoms with van der Waals surface area (Å²) < 4.78 is 0. The Bertz CT molecular complexity index is 631. The van der Waals surface area contributed by atoms with E-state index in [1.54, 1.807) is 11.1 Å². The van der Waals surface area contributed by atoms with Crippen molar-refractivity contribution < 1.29 is 0 Å². The third-order valence-electron chi connectivity index (χ3n) is 5.11. The van der Waals surface area contributed by atoms with Crippen molar-refractivity contribution in [2.24, 2.45) is 0 Å². The smallest absolute Gasteiger partial charge is 0.00532 e. The summed E-state index contributed by atoms with van der Waals surface area (Å²) in [6.07, 6.45) is 2.38. The first-order valence-electron chi connectivity index (χ1n) is 7.67. The van der Waals surface area contributed by atoms with Gasteiger partial charge in [0.25, 0.3) is 0 Å². The van der Waals surface area contributed by atoms with E-state index >= 15 is 0 Å². The molecule has 4 rings (SSSR count). The van der Waals surface area contributed by atoms with Crippen LogP contribution in [0.25, 0.3) is 0 Å². The van der Waals surface area contributed by atoms with Gasteiger partial charge in [0.2, 0.25) is 0 Å². The number of benzene rings is 2. The average molecular weight is 263 g/mol. The monoisotopic (exact) mass is 263 g/mol. The summed E-state index contributed by atoms with van der Waals surface area (Å²) in [6.45, 7) is 2.41. The van der Waals surface area contributed by atoms with Crippen LogP contribution in [0.15, 0.2) is 48.5 Å². The van der Waals surface area contributed by atoms with Crippen LogP contribution in [-0.2, 0) is 6.42 Å². The first-order valence-corrected chi connectivity index (χ1v) is 7.67. The fraction of sp³-hybridized carbons (Fsp3) is 0.368. The molecule has 0 amide bonds. The van der Waals surface area contributed by atoms with Gasteiger partial charge in [-0.15, -0.1) is 0 Å². The molecule has 2 aromatic carbocycles. The molecule has 0 saturated carbocycles. The van der Waals surface area contributed by atoms with Crippen molar-refractivity contribution in [3.05, 3.63) is 70.8 Å². The second-order valence-corrected chi connectivity index (χ2v) is 6.34. The molecule has 2 atom stereocenters. The normalized spacial score (nSPS) is 25.2. The molecule has 1 fully saturated rings. The lowest BCUT2D eigenvalue weighted by atomic mass is 9.77. The van der Waals surface area contributed by atoms with Crippen LogP contribution in [0.4, 0.5) is 0 Å². The Balaban J connectivity index is 1.90. The maximum Gasteiger partial charge on any atom is 0.00532 e. The van der Waals surface area contributed by atoms with Gasteiger partial charge in [-0.25, -0.2) is 0 Å². The Morgan fingerprint density at radius 2 is 1.45 bits per heavy atom. The lowest BCUT2D eigenvalue weighted by molar-refractivity contribution is 0.227. The highest BCUT2D eigenvalue weighted by Gasteiger charge is 2.34. The lowest BCUT2D eigenvalue weighted by Gasteiger charge is -2.37. The zero-order chi connectivity index (χ0) is 13.5. The number of piperidine rings is 1. The number of fused-ring (bicyclic) bond motifs is 5. The number of nitrogens with zero attached hydrogens (tertiary/aromatic N) is 1. The van der Waals surface area contributed by atoms with E-state index in [1.807, 2.05) is 0 Å². The maximum atomic E-state index is 2.49. The zero-order valence-electron chi connectivity index (χ0n) is 12.0. The Morgan fingerprint density at radius 3 is 2.15 bits per heavy atom. The highest BCUT2D eigenvalue weighted by molar-refractivity contribution is 5.45. The van der Waals surface area contributed by atoms with E-state index in [0.29, 0.717) is 11.8 Å². The second kappa shape index (κ2) is 4.75. The summed E-state index contributed by atoms with van der Waals surface area (Å²) in [5.74, 6) is 1.36. The molecule has 2 aromatic rings. The summed E-state index contributed by atoms with van der Waals surface area (Å²) >= 11 is 0. The molecule has 1 aliphatic carbocycles. The van der Waals surface area contributed by atoms with Crippen molar-refractivity contribution in [1.29, 1.82) is 0 Å². The van der Waals surface area contributed by atoms with E-state index in [9.17, 15) is 0 Å². The third-order valence-corrected chi connectivity index (χ3v) is 5.11. The summed E-state index contributed by atoms with van der Waals surface area (Å²) in [5.41, 5.74) is 6.25. The molecule has 20 heavy (non-hydrogen) atoms. The first kappa shape index (κ1) is 12.2. The minimum absolute atomic E-state index is 0.661. The van der Waals surface area contributed by atoms with Crippen molar-refractivity contribution in [2.45, 2.75) is 24.7 Å². The average Bonchev–Trinajstić information content (AvgIpc) is 2.61. The van der Waals surface area contributed by atoms with Gasteiger partial charge in [0, 0.05) is 12.5 Å². The van der Waals surface area contributed by atoms with Crippen LogP contribution in [-0.4, -0.2) is 25.0 Å². The molecule has 0 bridgehead atoms. The summed E-state index contributed by atoms with van der Waals surface area (Å²) in [7, 11) is 2.26. The Kier molecular flexibility index (Phi) is 2.89. The predicted molar refractivity (Wildman–Crippen MR) is 83.3 cm³/mol. The van der Waals surface area contributed by atoms with E-state index in [-0.39, 0.29) is 0 Å². The molecule has 1 heterocycles. The van der Waals surface area contributed by atoms with E-state index < -0.39 is 0 Å². The van der Waals surface area contributed by atoms with E-state index in [4.69, 9.17) is 0 Å². The highest BCUT2D eigenvalue weighted by atomic mass is 15.1. The molecule has 0 aromatic heterocycles. The van der Waals surface area contributed by atoms with Crippen molar-refractivity contribution in [1.82, 2.24) is 4.90 Å². The molecule has 0 spiro atoms. The molecule has 0 N–H and O–H groups in total. The van der Waals surface area contributed by atoms with Crippen LogP contribution in [0.5, 0.6) is 0 Å². The van der Waals surface area contributed by atoms with Crippen molar-refractivity contribution in [3.63, 3.8) is 0 Å². The molecule has 1 saturated heterocycles. The van der Waals surface area contributed by atoms with Crippen LogP contribution in [0, 0.1) is 0 Å². The number of rotatable bonds is 0. The van der Waals surface area contributed by atoms with Gasteiger partial charge in [-0.05, 0) is 54.6 Å². The van der Waals surface area contributed by atoms with Crippen LogP contribution in [0.1, 0.15) is 40.5 Å². The molecular weight excluding hydrogens is 242 g/mol. The molecule has 0 radical (unpaired) electrons. The standard InChI is InChI=1S/C19H21N/c1-20-11-10-18-16-8-4-2-6-14(16)12-15-7-3-5-9-17(15)19(18)13-20/h2-9,18-19H,10-13H2,1H3/t18-,19-/m0/s1. The Labute approximate surface area is 121 Å². The zero-order valence-corrected chi connectivity index (χ0v) is 12.0. The second-order valence-electron chi connectivity index (χ2n) is 6.34. The summed E-state index contributed by atoms with van der Waals surface area (Å²) in [5, 5.41) is 0. The highest BCUT2D eigenvalue weighted by Crippen LogP contribution is 2.44. The first-order chi connectivity index (χ1) is 9.83. The van der Waals surface area contributed by atoms with Gasteiger partial charge in [-0.2, -0.15) is 0 Å². The molecular formula is C19H21N. The van der Waals surface area contributed by atoms with Crippen LogP contribution < -0.4 is 0 Å². The quantitative estimate of drug-likeness (QED) is 0.699. The van der Waals surface area contributed by atoms with Crippen molar-refractivity contribution >= 4 is 0 Å². The van der Waals surface area contributed by atoms with Crippen LogP contribution in [0.3, 0.4) is 0 Å². The van der Waals surface area contributed by atoms with E-state index in [2.05, 4.69) is 60.5 Å². The summed E-state index contributed by atoms with van der Waals surface area (Å²) in [4.78, 5) is 2.49. The fourth-order valence-corrected chi connectivity index (χ4v) is 4.12. The molecule has 1 heteroatoms. The van der Waals surface area contributed by atoms with Gasteiger partial charge < -0.3 is 4.90 Å². The Hall–Kier alpha value is -1.60. The van der Waals surface area contributed by atoms with Gasteiger partial charge in [-0.1, -0.05) is 48.5 Å². The van der Waals surface area contributed by atoms with Crippen LogP contribution in [0.2, 0.25) is 0 Å². The van der Waals surface area contributed by atoms with Gasteiger partial charge in [-0.3, -0.25) is 0 Å². The van der Waals surface area contributed by atoms with Crippen LogP contribution >= 0.6 is 0 Å². The number of hydrogen-bond donors (Lipinski definition) is 0. The summed E-state index contributed by atoms with van der Waals surface area (Å²) in [6, 6.07) is 18.2. The molecule has 102 valence electrons. The predicted octanol–water partition coefficient (Wildman–Crippen LogP) is 3.79. The van der Waals surface area contributed by atoms with Crippen molar-refractivity contribution in [2.75, 3.05) is 20.1 Å². The minimum Gasteiger partial charge on any atom is -0.306 e. The molecule has 2 aliphatic rings. The third kappa shape index (κ3) is 1.89. The minimum atomic E-state index is 0.661. The number of hydrogen-bond acceptors (Lipinski definition) is 1. The fourth-order valence-electron chi connectivity index (χ4n) is 4.12.